The van der Waals surface area contributed by atoms with Gasteiger partial charge in [-0.2, -0.15) is 0 Å². The minimum Gasteiger partial charge on any atom is -0.355 e. The molecule has 1 aromatic carbocycles. The van der Waals surface area contributed by atoms with Gasteiger partial charge in [0.05, 0.1) is 5.88 Å². The average Bonchev–Trinajstić information content (AvgIpc) is 3.10. The fourth-order valence-corrected chi connectivity index (χ4v) is 3.57. The highest BCUT2D eigenvalue weighted by Gasteiger charge is 2.36. The van der Waals surface area contributed by atoms with Crippen molar-refractivity contribution < 1.29 is 14.4 Å². The van der Waals surface area contributed by atoms with Crippen LogP contribution in [0.2, 0.25) is 0 Å². The van der Waals surface area contributed by atoms with Crippen LogP contribution in [-0.2, 0) is 9.59 Å². The van der Waals surface area contributed by atoms with E-state index in [9.17, 15) is 14.4 Å². The molecule has 0 spiro atoms. The number of benzene rings is 1. The molecule has 3 amide bonds. The Balaban J connectivity index is 2.03. The lowest BCUT2D eigenvalue weighted by molar-refractivity contribution is -0.139. The fraction of sp³-hybridized carbons (Fsp3) is 0.471. The van der Waals surface area contributed by atoms with Gasteiger partial charge in [-0.1, -0.05) is 13.8 Å². The van der Waals surface area contributed by atoms with Gasteiger partial charge in [0.25, 0.3) is 5.91 Å². The molecule has 0 radical (unpaired) electrons. The molecule has 6 nitrogen and oxygen atoms in total. The summed E-state index contributed by atoms with van der Waals surface area (Å²) in [4.78, 5) is 38.1. The molecule has 0 unspecified atom stereocenters. The second-order valence-electron chi connectivity index (χ2n) is 5.78. The van der Waals surface area contributed by atoms with Crippen LogP contribution in [0.3, 0.4) is 0 Å². The zero-order valence-electron chi connectivity index (χ0n) is 14.2. The summed E-state index contributed by atoms with van der Waals surface area (Å²) in [5.74, 6) is 0.736. The summed E-state index contributed by atoms with van der Waals surface area (Å²) in [6.45, 7) is 3.85. The molecule has 1 fully saturated rings. The third-order valence-electron chi connectivity index (χ3n) is 4.14. The van der Waals surface area contributed by atoms with Gasteiger partial charge < -0.3 is 15.5 Å². The van der Waals surface area contributed by atoms with Gasteiger partial charge in [-0.3, -0.25) is 14.4 Å². The van der Waals surface area contributed by atoms with Crippen LogP contribution in [0.1, 0.15) is 30.6 Å². The molecule has 24 heavy (non-hydrogen) atoms. The first kappa shape index (κ1) is 18.3. The summed E-state index contributed by atoms with van der Waals surface area (Å²) < 4.78 is 0. The fourth-order valence-electron chi connectivity index (χ4n) is 2.41. The van der Waals surface area contributed by atoms with Gasteiger partial charge in [0, 0.05) is 30.0 Å². The van der Waals surface area contributed by atoms with Crippen LogP contribution in [0.5, 0.6) is 0 Å². The van der Waals surface area contributed by atoms with E-state index in [0.717, 1.165) is 6.42 Å². The Bertz CT molecular complexity index is 618. The Morgan fingerprint density at radius 3 is 2.54 bits per heavy atom. The smallest absolute Gasteiger partial charge is 0.251 e. The summed E-state index contributed by atoms with van der Waals surface area (Å²) >= 11 is 1.59. The van der Waals surface area contributed by atoms with Gasteiger partial charge in [0.1, 0.15) is 6.04 Å². The molecule has 1 aliphatic heterocycles. The van der Waals surface area contributed by atoms with E-state index in [-0.39, 0.29) is 23.6 Å². The maximum atomic E-state index is 12.5. The topological polar surface area (TPSA) is 78.5 Å². The second kappa shape index (κ2) is 8.19. The summed E-state index contributed by atoms with van der Waals surface area (Å²) in [5.41, 5.74) is 1.14. The van der Waals surface area contributed by atoms with Crippen LogP contribution in [0.15, 0.2) is 24.3 Å². The summed E-state index contributed by atoms with van der Waals surface area (Å²) in [7, 11) is 1.57. The van der Waals surface area contributed by atoms with Crippen LogP contribution >= 0.6 is 11.8 Å². The first-order chi connectivity index (χ1) is 11.5. The Kier molecular flexibility index (Phi) is 6.25. The highest BCUT2D eigenvalue weighted by atomic mass is 32.2. The minimum atomic E-state index is -0.449. The van der Waals surface area contributed by atoms with Crippen LogP contribution in [0, 0.1) is 5.92 Å². The number of thioether (sulfide) groups is 1. The van der Waals surface area contributed by atoms with E-state index in [1.165, 1.54) is 0 Å². The van der Waals surface area contributed by atoms with Crippen molar-refractivity contribution in [1.29, 1.82) is 0 Å². The number of carbonyl (C=O) groups is 3. The summed E-state index contributed by atoms with van der Waals surface area (Å²) in [6.07, 6.45) is 0.759. The van der Waals surface area contributed by atoms with Gasteiger partial charge >= 0.3 is 0 Å². The van der Waals surface area contributed by atoms with E-state index < -0.39 is 6.04 Å². The third-order valence-corrected chi connectivity index (χ3v) is 5.16. The zero-order valence-corrected chi connectivity index (χ0v) is 15.0. The largest absolute Gasteiger partial charge is 0.355 e. The molecule has 0 saturated carbocycles. The predicted molar refractivity (Wildman–Crippen MR) is 95.9 cm³/mol. The third kappa shape index (κ3) is 4.08. The van der Waals surface area contributed by atoms with Gasteiger partial charge in [-0.25, -0.2) is 0 Å². The Labute approximate surface area is 146 Å². The van der Waals surface area contributed by atoms with Gasteiger partial charge in [-0.15, -0.1) is 11.8 Å². The number of nitrogens with one attached hydrogen (secondary N) is 2. The number of hydrogen-bond donors (Lipinski definition) is 2. The normalized spacial score (nSPS) is 18.1. The molecule has 7 heteroatoms. The van der Waals surface area contributed by atoms with Gasteiger partial charge in [-0.05, 0) is 30.7 Å². The van der Waals surface area contributed by atoms with E-state index in [1.54, 1.807) is 48.0 Å². The van der Waals surface area contributed by atoms with Crippen molar-refractivity contribution in [3.8, 4) is 0 Å². The van der Waals surface area contributed by atoms with Crippen LogP contribution in [-0.4, -0.2) is 47.3 Å². The first-order valence-electron chi connectivity index (χ1n) is 7.99. The molecule has 130 valence electrons. The SMILES string of the molecule is CC[C@@H](C)C(=O)N1CSC[C@H]1C(=O)Nc1ccc(C(=O)NC)cc1. The Morgan fingerprint density at radius 1 is 1.29 bits per heavy atom. The Morgan fingerprint density at radius 2 is 1.96 bits per heavy atom. The molecular weight excluding hydrogens is 326 g/mol. The highest BCUT2D eigenvalue weighted by molar-refractivity contribution is 7.99. The molecular formula is C17H23N3O3S. The molecule has 2 N–H and O–H groups in total. The van der Waals surface area contributed by atoms with Crippen molar-refractivity contribution in [3.05, 3.63) is 29.8 Å². The first-order valence-corrected chi connectivity index (χ1v) is 9.14. The van der Waals surface area contributed by atoms with Gasteiger partial charge in [0.2, 0.25) is 11.8 Å². The lowest BCUT2D eigenvalue weighted by Crippen LogP contribution is -2.46. The van der Waals surface area contributed by atoms with E-state index in [2.05, 4.69) is 10.6 Å². The molecule has 2 atom stereocenters. The lowest BCUT2D eigenvalue weighted by Gasteiger charge is -2.25. The zero-order chi connectivity index (χ0) is 17.7. The minimum absolute atomic E-state index is 0.0256. The number of hydrogen-bond acceptors (Lipinski definition) is 4. The van der Waals surface area contributed by atoms with Crippen molar-refractivity contribution >= 4 is 35.2 Å². The molecule has 0 bridgehead atoms. The van der Waals surface area contributed by atoms with E-state index >= 15 is 0 Å². The summed E-state index contributed by atoms with van der Waals surface area (Å²) in [5, 5.41) is 5.38. The van der Waals surface area contributed by atoms with E-state index in [1.807, 2.05) is 13.8 Å². The van der Waals surface area contributed by atoms with Crippen molar-refractivity contribution in [2.45, 2.75) is 26.3 Å². The monoisotopic (exact) mass is 349 g/mol. The molecule has 1 heterocycles. The molecule has 2 rings (SSSR count). The molecule has 0 aromatic heterocycles. The van der Waals surface area contributed by atoms with Crippen molar-refractivity contribution in [2.24, 2.45) is 5.92 Å². The molecule has 0 aliphatic carbocycles. The van der Waals surface area contributed by atoms with E-state index in [4.69, 9.17) is 0 Å². The Hall–Kier alpha value is -2.02. The summed E-state index contributed by atoms with van der Waals surface area (Å²) in [6, 6.07) is 6.23. The predicted octanol–water partition coefficient (Wildman–Crippen LogP) is 1.93. The second-order valence-corrected chi connectivity index (χ2v) is 6.78. The maximum absolute atomic E-state index is 12.5. The number of rotatable bonds is 5. The number of carbonyl (C=O) groups excluding carboxylic acids is 3. The van der Waals surface area contributed by atoms with Gasteiger partial charge in [0.15, 0.2) is 0 Å². The van der Waals surface area contributed by atoms with E-state index in [0.29, 0.717) is 22.9 Å². The maximum Gasteiger partial charge on any atom is 0.251 e. The number of nitrogens with zero attached hydrogens (tertiary/aromatic N) is 1. The van der Waals surface area contributed by atoms with Crippen molar-refractivity contribution in [1.82, 2.24) is 10.2 Å². The lowest BCUT2D eigenvalue weighted by atomic mass is 10.1. The molecule has 1 aromatic rings. The van der Waals surface area contributed by atoms with Crippen LogP contribution < -0.4 is 10.6 Å². The average molecular weight is 349 g/mol. The number of amides is 3. The standard InChI is InChI=1S/C17H23N3O3S/c1-4-11(2)17(23)20-10-24-9-14(20)16(22)19-13-7-5-12(6-8-13)15(21)18-3/h5-8,11,14H,4,9-10H2,1-3H3,(H,18,21)(H,19,22)/t11-,14+/m1/s1. The highest BCUT2D eigenvalue weighted by Crippen LogP contribution is 2.25. The van der Waals surface area contributed by atoms with Crippen molar-refractivity contribution in [2.75, 3.05) is 24.0 Å². The number of anilines is 1. The quantitative estimate of drug-likeness (QED) is 0.851. The van der Waals surface area contributed by atoms with Crippen molar-refractivity contribution in [3.63, 3.8) is 0 Å². The van der Waals surface area contributed by atoms with Crippen LogP contribution in [0.25, 0.3) is 0 Å². The molecule has 1 aliphatic rings. The van der Waals surface area contributed by atoms with Crippen LogP contribution in [0.4, 0.5) is 5.69 Å². The molecule has 1 saturated heterocycles.